The van der Waals surface area contributed by atoms with Crippen LogP contribution in [0.1, 0.15) is 23.7 Å². The van der Waals surface area contributed by atoms with E-state index in [1.54, 1.807) is 31.4 Å². The molecule has 0 fully saturated rings. The monoisotopic (exact) mass is 236 g/mol. The van der Waals surface area contributed by atoms with Crippen LogP contribution in [-0.2, 0) is 4.74 Å². The number of hydrogen-bond donors (Lipinski definition) is 2. The van der Waals surface area contributed by atoms with Gasteiger partial charge in [-0.25, -0.2) is 0 Å². The summed E-state index contributed by atoms with van der Waals surface area (Å²) in [4.78, 5) is 12.1. The van der Waals surface area contributed by atoms with E-state index in [0.717, 1.165) is 6.42 Å². The first kappa shape index (κ1) is 13.7. The number of carbonyl (C=O) groups excluding carboxylic acids is 1. The summed E-state index contributed by atoms with van der Waals surface area (Å²) in [6.07, 6.45) is 0.757. The van der Waals surface area contributed by atoms with Crippen LogP contribution in [0.15, 0.2) is 24.3 Å². The fraction of sp³-hybridized carbons (Fsp3) is 0.462. The van der Waals surface area contributed by atoms with Gasteiger partial charge in [0.15, 0.2) is 5.78 Å². The zero-order chi connectivity index (χ0) is 12.7. The SMILES string of the molecule is CCC(NCCOC)C(=O)c1ccc(N)cc1. The lowest BCUT2D eigenvalue weighted by Crippen LogP contribution is -2.38. The molecule has 0 saturated carbocycles. The Morgan fingerprint density at radius 3 is 2.59 bits per heavy atom. The van der Waals surface area contributed by atoms with Gasteiger partial charge in [0.25, 0.3) is 0 Å². The molecule has 1 rings (SSSR count). The lowest BCUT2D eigenvalue weighted by atomic mass is 10.0. The third-order valence-electron chi connectivity index (χ3n) is 2.62. The van der Waals surface area contributed by atoms with Crippen LogP contribution in [0.4, 0.5) is 5.69 Å². The van der Waals surface area contributed by atoms with Gasteiger partial charge in [-0.05, 0) is 30.7 Å². The second-order valence-corrected chi connectivity index (χ2v) is 3.89. The standard InChI is InChI=1S/C13H20N2O2/c1-3-12(15-8-9-17-2)13(16)10-4-6-11(14)7-5-10/h4-7,12,15H,3,8-9,14H2,1-2H3. The van der Waals surface area contributed by atoms with Crippen LogP contribution in [0.5, 0.6) is 0 Å². The number of carbonyl (C=O) groups is 1. The van der Waals surface area contributed by atoms with E-state index < -0.39 is 0 Å². The highest BCUT2D eigenvalue weighted by molar-refractivity contribution is 6.00. The average Bonchev–Trinajstić information content (AvgIpc) is 2.35. The van der Waals surface area contributed by atoms with Crippen LogP contribution in [0.25, 0.3) is 0 Å². The smallest absolute Gasteiger partial charge is 0.179 e. The van der Waals surface area contributed by atoms with Crippen molar-refractivity contribution in [3.05, 3.63) is 29.8 Å². The fourth-order valence-corrected chi connectivity index (χ4v) is 1.61. The third-order valence-corrected chi connectivity index (χ3v) is 2.62. The Morgan fingerprint density at radius 1 is 1.41 bits per heavy atom. The van der Waals surface area contributed by atoms with Crippen LogP contribution in [-0.4, -0.2) is 32.1 Å². The molecule has 1 unspecified atom stereocenters. The van der Waals surface area contributed by atoms with Gasteiger partial charge in [-0.15, -0.1) is 0 Å². The van der Waals surface area contributed by atoms with E-state index in [9.17, 15) is 4.79 Å². The van der Waals surface area contributed by atoms with Crippen LogP contribution in [0, 0.1) is 0 Å². The third kappa shape index (κ3) is 4.17. The maximum atomic E-state index is 12.1. The molecule has 0 heterocycles. The molecule has 0 aromatic heterocycles. The largest absolute Gasteiger partial charge is 0.399 e. The van der Waals surface area contributed by atoms with Crippen molar-refractivity contribution >= 4 is 11.5 Å². The summed E-state index contributed by atoms with van der Waals surface area (Å²) in [6.45, 7) is 3.26. The summed E-state index contributed by atoms with van der Waals surface area (Å²) in [5, 5.41) is 3.18. The molecule has 0 saturated heterocycles. The van der Waals surface area contributed by atoms with Gasteiger partial charge in [0, 0.05) is 24.9 Å². The van der Waals surface area contributed by atoms with Crippen molar-refractivity contribution < 1.29 is 9.53 Å². The topological polar surface area (TPSA) is 64.3 Å². The average molecular weight is 236 g/mol. The number of methoxy groups -OCH3 is 1. The molecule has 17 heavy (non-hydrogen) atoms. The van der Waals surface area contributed by atoms with Gasteiger partial charge < -0.3 is 15.8 Å². The Kier molecular flexibility index (Phi) is 5.66. The number of hydrogen-bond acceptors (Lipinski definition) is 4. The Bertz CT molecular complexity index is 349. The van der Waals surface area contributed by atoms with Crippen molar-refractivity contribution in [1.82, 2.24) is 5.32 Å². The molecule has 0 aliphatic heterocycles. The number of nitrogens with two attached hydrogens (primary N) is 1. The van der Waals surface area contributed by atoms with Crippen molar-refractivity contribution in [2.75, 3.05) is 26.0 Å². The molecule has 0 radical (unpaired) electrons. The van der Waals surface area contributed by atoms with Crippen molar-refractivity contribution in [2.24, 2.45) is 0 Å². The highest BCUT2D eigenvalue weighted by atomic mass is 16.5. The van der Waals surface area contributed by atoms with E-state index in [-0.39, 0.29) is 11.8 Å². The van der Waals surface area contributed by atoms with Gasteiger partial charge in [0.2, 0.25) is 0 Å². The van der Waals surface area contributed by atoms with E-state index in [1.807, 2.05) is 6.92 Å². The lowest BCUT2D eigenvalue weighted by molar-refractivity contribution is 0.0934. The zero-order valence-electron chi connectivity index (χ0n) is 10.4. The minimum Gasteiger partial charge on any atom is -0.399 e. The molecule has 0 spiro atoms. The Balaban J connectivity index is 2.62. The summed E-state index contributed by atoms with van der Waals surface area (Å²) in [5.74, 6) is 0.101. The number of ketones is 1. The number of anilines is 1. The zero-order valence-corrected chi connectivity index (χ0v) is 10.4. The number of ether oxygens (including phenoxy) is 1. The lowest BCUT2D eigenvalue weighted by Gasteiger charge is -2.15. The molecule has 0 aliphatic carbocycles. The molecular formula is C13H20N2O2. The maximum Gasteiger partial charge on any atom is 0.179 e. The molecule has 0 amide bonds. The molecule has 0 aliphatic rings. The quantitative estimate of drug-likeness (QED) is 0.427. The van der Waals surface area contributed by atoms with E-state index in [4.69, 9.17) is 10.5 Å². The molecule has 94 valence electrons. The van der Waals surface area contributed by atoms with Crippen molar-refractivity contribution in [2.45, 2.75) is 19.4 Å². The first-order chi connectivity index (χ1) is 8.19. The first-order valence-corrected chi connectivity index (χ1v) is 5.81. The van der Waals surface area contributed by atoms with Crippen LogP contribution < -0.4 is 11.1 Å². The maximum absolute atomic E-state index is 12.1. The normalized spacial score (nSPS) is 12.4. The second-order valence-electron chi connectivity index (χ2n) is 3.89. The van der Waals surface area contributed by atoms with E-state index in [0.29, 0.717) is 24.4 Å². The summed E-state index contributed by atoms with van der Waals surface area (Å²) in [5.41, 5.74) is 6.95. The summed E-state index contributed by atoms with van der Waals surface area (Å²) >= 11 is 0. The van der Waals surface area contributed by atoms with Gasteiger partial charge >= 0.3 is 0 Å². The van der Waals surface area contributed by atoms with Crippen LogP contribution in [0.2, 0.25) is 0 Å². The van der Waals surface area contributed by atoms with E-state index in [1.165, 1.54) is 0 Å². The molecule has 1 aromatic carbocycles. The molecule has 4 nitrogen and oxygen atoms in total. The highest BCUT2D eigenvalue weighted by Crippen LogP contribution is 2.09. The summed E-state index contributed by atoms with van der Waals surface area (Å²) in [6, 6.07) is 6.86. The number of rotatable bonds is 7. The van der Waals surface area contributed by atoms with Crippen molar-refractivity contribution in [1.29, 1.82) is 0 Å². The predicted molar refractivity (Wildman–Crippen MR) is 69.1 cm³/mol. The Labute approximate surface area is 102 Å². The number of benzene rings is 1. The highest BCUT2D eigenvalue weighted by Gasteiger charge is 2.16. The molecule has 3 N–H and O–H groups in total. The Morgan fingerprint density at radius 2 is 2.06 bits per heavy atom. The molecule has 1 aromatic rings. The van der Waals surface area contributed by atoms with E-state index >= 15 is 0 Å². The van der Waals surface area contributed by atoms with Gasteiger partial charge in [-0.1, -0.05) is 6.92 Å². The van der Waals surface area contributed by atoms with Crippen LogP contribution in [0.3, 0.4) is 0 Å². The van der Waals surface area contributed by atoms with Gasteiger partial charge in [-0.3, -0.25) is 4.79 Å². The Hall–Kier alpha value is -1.39. The van der Waals surface area contributed by atoms with Crippen LogP contribution >= 0.6 is 0 Å². The van der Waals surface area contributed by atoms with Gasteiger partial charge in [0.05, 0.1) is 12.6 Å². The molecule has 4 heteroatoms. The number of nitrogens with one attached hydrogen (secondary N) is 1. The minimum atomic E-state index is -0.159. The van der Waals surface area contributed by atoms with Gasteiger partial charge in [0.1, 0.15) is 0 Å². The first-order valence-electron chi connectivity index (χ1n) is 5.81. The molecular weight excluding hydrogens is 216 g/mol. The fourth-order valence-electron chi connectivity index (χ4n) is 1.61. The van der Waals surface area contributed by atoms with Gasteiger partial charge in [-0.2, -0.15) is 0 Å². The minimum absolute atomic E-state index is 0.101. The molecule has 0 bridgehead atoms. The second kappa shape index (κ2) is 7.04. The number of nitrogen functional groups attached to an aromatic ring is 1. The summed E-state index contributed by atoms with van der Waals surface area (Å²) < 4.78 is 4.95. The summed E-state index contributed by atoms with van der Waals surface area (Å²) in [7, 11) is 1.64. The van der Waals surface area contributed by atoms with Crippen molar-refractivity contribution in [3.8, 4) is 0 Å². The number of Topliss-reactive ketones (excluding diaryl/α,β-unsaturated/α-hetero) is 1. The molecule has 1 atom stereocenters. The van der Waals surface area contributed by atoms with Crippen molar-refractivity contribution in [3.63, 3.8) is 0 Å². The van der Waals surface area contributed by atoms with E-state index in [2.05, 4.69) is 5.32 Å². The predicted octanol–water partition coefficient (Wildman–Crippen LogP) is 1.47.